The molecule has 2 aliphatic carbocycles. The lowest BCUT2D eigenvalue weighted by Crippen LogP contribution is -2.41. The minimum absolute atomic E-state index is 0.215. The Hall–Kier alpha value is -1.32. The molecule has 1 saturated heterocycles. The summed E-state index contributed by atoms with van der Waals surface area (Å²) in [5.74, 6) is 1.65. The molecule has 4 rings (SSSR count). The van der Waals surface area contributed by atoms with Crippen molar-refractivity contribution in [3.8, 4) is 5.75 Å². The van der Waals surface area contributed by atoms with E-state index in [1.807, 2.05) is 12.1 Å². The van der Waals surface area contributed by atoms with Crippen molar-refractivity contribution in [2.45, 2.75) is 19.1 Å². The Bertz CT molecular complexity index is 497. The molecule has 1 aliphatic heterocycles. The number of aromatic hydroxyl groups is 1. The summed E-state index contributed by atoms with van der Waals surface area (Å²) in [7, 11) is 0. The van der Waals surface area contributed by atoms with Crippen LogP contribution in [-0.2, 0) is 9.47 Å². The van der Waals surface area contributed by atoms with Gasteiger partial charge in [-0.15, -0.1) is 0 Å². The summed E-state index contributed by atoms with van der Waals surface area (Å²) in [5.41, 5.74) is 1.19. The molecule has 0 unspecified atom stereocenters. The Labute approximate surface area is 112 Å². The topological polar surface area (TPSA) is 38.7 Å². The number of hydrogen-bond donors (Lipinski definition) is 1. The molecule has 1 N–H and O–H groups in total. The van der Waals surface area contributed by atoms with Gasteiger partial charge < -0.3 is 14.6 Å². The van der Waals surface area contributed by atoms with Gasteiger partial charge in [-0.25, -0.2) is 0 Å². The van der Waals surface area contributed by atoms with Crippen molar-refractivity contribution >= 4 is 0 Å². The van der Waals surface area contributed by atoms with Gasteiger partial charge in [0.2, 0.25) is 0 Å². The standard InChI is InChI=1S/C16H18O3/c17-14-5-2-12(3-6-14)15-18-9-16(10-19-15)8-11-1-4-13(16)7-11/h1-6,11,13,15,17H,7-10H2/t11-,13+,15?,16?/m0/s1. The summed E-state index contributed by atoms with van der Waals surface area (Å²) in [6.07, 6.45) is 6.89. The van der Waals surface area contributed by atoms with Crippen molar-refractivity contribution in [2.24, 2.45) is 17.3 Å². The van der Waals surface area contributed by atoms with Gasteiger partial charge in [-0.1, -0.05) is 24.3 Å². The summed E-state index contributed by atoms with van der Waals surface area (Å²) in [6, 6.07) is 7.07. The molecule has 100 valence electrons. The van der Waals surface area contributed by atoms with Crippen LogP contribution in [0.2, 0.25) is 0 Å². The summed E-state index contributed by atoms with van der Waals surface area (Å²) >= 11 is 0. The Balaban J connectivity index is 1.48. The number of fused-ring (bicyclic) bond motifs is 3. The van der Waals surface area contributed by atoms with E-state index in [1.165, 1.54) is 12.8 Å². The van der Waals surface area contributed by atoms with E-state index in [9.17, 15) is 5.11 Å². The van der Waals surface area contributed by atoms with E-state index in [-0.39, 0.29) is 17.5 Å². The summed E-state index contributed by atoms with van der Waals surface area (Å²) in [5, 5.41) is 9.30. The zero-order valence-electron chi connectivity index (χ0n) is 10.8. The van der Waals surface area contributed by atoms with Crippen molar-refractivity contribution in [3.05, 3.63) is 42.0 Å². The average molecular weight is 258 g/mol. The largest absolute Gasteiger partial charge is 0.508 e. The molecule has 1 aromatic carbocycles. The molecule has 1 spiro atoms. The lowest BCUT2D eigenvalue weighted by atomic mass is 9.76. The van der Waals surface area contributed by atoms with Gasteiger partial charge in [-0.05, 0) is 36.8 Å². The van der Waals surface area contributed by atoms with Crippen LogP contribution in [0, 0.1) is 17.3 Å². The van der Waals surface area contributed by atoms with Gasteiger partial charge in [0, 0.05) is 11.0 Å². The van der Waals surface area contributed by atoms with Gasteiger partial charge >= 0.3 is 0 Å². The minimum atomic E-state index is -0.283. The van der Waals surface area contributed by atoms with Crippen LogP contribution in [0.15, 0.2) is 36.4 Å². The highest BCUT2D eigenvalue weighted by Gasteiger charge is 2.51. The summed E-state index contributed by atoms with van der Waals surface area (Å²) < 4.78 is 11.9. The highest BCUT2D eigenvalue weighted by molar-refractivity contribution is 5.27. The second-order valence-corrected chi connectivity index (χ2v) is 6.10. The zero-order valence-corrected chi connectivity index (χ0v) is 10.8. The third-order valence-corrected chi connectivity index (χ3v) is 4.84. The van der Waals surface area contributed by atoms with Crippen molar-refractivity contribution in [1.82, 2.24) is 0 Å². The second kappa shape index (κ2) is 4.09. The first kappa shape index (κ1) is 11.5. The number of hydrogen-bond acceptors (Lipinski definition) is 3. The van der Waals surface area contributed by atoms with E-state index in [0.29, 0.717) is 5.92 Å². The van der Waals surface area contributed by atoms with E-state index < -0.39 is 0 Å². The van der Waals surface area contributed by atoms with Crippen molar-refractivity contribution in [2.75, 3.05) is 13.2 Å². The van der Waals surface area contributed by atoms with Gasteiger partial charge in [-0.3, -0.25) is 0 Å². The van der Waals surface area contributed by atoms with Crippen molar-refractivity contribution in [1.29, 1.82) is 0 Å². The molecule has 0 radical (unpaired) electrons. The molecule has 19 heavy (non-hydrogen) atoms. The molecule has 1 saturated carbocycles. The highest BCUT2D eigenvalue weighted by Crippen LogP contribution is 2.54. The first-order valence-electron chi connectivity index (χ1n) is 6.96. The number of ether oxygens (including phenoxy) is 2. The molecule has 3 nitrogen and oxygen atoms in total. The van der Waals surface area contributed by atoms with Gasteiger partial charge in [0.25, 0.3) is 0 Å². The Morgan fingerprint density at radius 2 is 1.79 bits per heavy atom. The SMILES string of the molecule is Oc1ccc(C2OCC3(CO2)C[C@H]2C=C[C@@H]3C2)cc1. The fourth-order valence-corrected chi connectivity index (χ4v) is 3.78. The smallest absolute Gasteiger partial charge is 0.183 e. The van der Waals surface area contributed by atoms with Crippen LogP contribution in [0.5, 0.6) is 5.75 Å². The number of phenolic OH excluding ortho intramolecular Hbond substituents is 1. The van der Waals surface area contributed by atoms with E-state index in [0.717, 1.165) is 24.7 Å². The minimum Gasteiger partial charge on any atom is -0.508 e. The predicted octanol–water partition coefficient (Wildman–Crippen LogP) is 3.02. The summed E-state index contributed by atoms with van der Waals surface area (Å²) in [4.78, 5) is 0. The van der Waals surface area contributed by atoms with Crippen molar-refractivity contribution in [3.63, 3.8) is 0 Å². The molecule has 3 aliphatic rings. The van der Waals surface area contributed by atoms with Crippen LogP contribution >= 0.6 is 0 Å². The maximum absolute atomic E-state index is 9.30. The van der Waals surface area contributed by atoms with Crippen molar-refractivity contribution < 1.29 is 14.6 Å². The molecular weight excluding hydrogens is 240 g/mol. The highest BCUT2D eigenvalue weighted by atomic mass is 16.7. The average Bonchev–Trinajstić information content (AvgIpc) is 3.02. The van der Waals surface area contributed by atoms with E-state index in [4.69, 9.17) is 9.47 Å². The first-order chi connectivity index (χ1) is 9.25. The molecule has 2 atom stereocenters. The Morgan fingerprint density at radius 3 is 2.37 bits per heavy atom. The van der Waals surface area contributed by atoms with Crippen LogP contribution in [0.25, 0.3) is 0 Å². The zero-order chi connectivity index (χ0) is 12.9. The lowest BCUT2D eigenvalue weighted by Gasteiger charge is -2.41. The van der Waals surface area contributed by atoms with Gasteiger partial charge in [0.05, 0.1) is 13.2 Å². The summed E-state index contributed by atoms with van der Waals surface area (Å²) in [6.45, 7) is 1.56. The quantitative estimate of drug-likeness (QED) is 0.787. The van der Waals surface area contributed by atoms with Crippen LogP contribution in [0.4, 0.5) is 0 Å². The Morgan fingerprint density at radius 1 is 1.05 bits per heavy atom. The Kier molecular flexibility index (Phi) is 2.47. The molecular formula is C16H18O3. The lowest BCUT2D eigenvalue weighted by molar-refractivity contribution is -0.239. The fraction of sp³-hybridized carbons (Fsp3) is 0.500. The maximum atomic E-state index is 9.30. The van der Waals surface area contributed by atoms with Gasteiger partial charge in [0.1, 0.15) is 5.75 Å². The van der Waals surface area contributed by atoms with Gasteiger partial charge in [-0.2, -0.15) is 0 Å². The molecule has 2 fully saturated rings. The maximum Gasteiger partial charge on any atom is 0.183 e. The van der Waals surface area contributed by atoms with Gasteiger partial charge in [0.15, 0.2) is 6.29 Å². The third-order valence-electron chi connectivity index (χ3n) is 4.84. The van der Waals surface area contributed by atoms with Crippen LogP contribution < -0.4 is 0 Å². The molecule has 3 heteroatoms. The van der Waals surface area contributed by atoms with Crippen LogP contribution in [-0.4, -0.2) is 18.3 Å². The first-order valence-corrected chi connectivity index (χ1v) is 6.96. The van der Waals surface area contributed by atoms with Crippen LogP contribution in [0.3, 0.4) is 0 Å². The fourth-order valence-electron chi connectivity index (χ4n) is 3.78. The number of benzene rings is 1. The number of allylic oxidation sites excluding steroid dienone is 2. The predicted molar refractivity (Wildman–Crippen MR) is 70.5 cm³/mol. The molecule has 0 aromatic heterocycles. The molecule has 1 heterocycles. The van der Waals surface area contributed by atoms with E-state index in [1.54, 1.807) is 12.1 Å². The normalized spacial score (nSPS) is 40.1. The van der Waals surface area contributed by atoms with E-state index >= 15 is 0 Å². The molecule has 0 amide bonds. The molecule has 1 aromatic rings. The molecule has 2 bridgehead atoms. The second-order valence-electron chi connectivity index (χ2n) is 6.10. The number of rotatable bonds is 1. The van der Waals surface area contributed by atoms with Crippen LogP contribution in [0.1, 0.15) is 24.7 Å². The number of phenols is 1. The monoisotopic (exact) mass is 258 g/mol. The van der Waals surface area contributed by atoms with E-state index in [2.05, 4.69) is 12.2 Å². The third kappa shape index (κ3) is 1.80.